The molecule has 182 valence electrons. The second-order valence-electron chi connectivity index (χ2n) is 9.42. The van der Waals surface area contributed by atoms with Crippen LogP contribution in [0.25, 0.3) is 0 Å². The molecule has 2 amide bonds. The van der Waals surface area contributed by atoms with Crippen molar-refractivity contribution in [1.29, 1.82) is 0 Å². The molecule has 0 spiro atoms. The van der Waals surface area contributed by atoms with Gasteiger partial charge in [-0.3, -0.25) is 9.59 Å². The predicted molar refractivity (Wildman–Crippen MR) is 132 cm³/mol. The van der Waals surface area contributed by atoms with E-state index >= 15 is 0 Å². The number of hydrogen-bond donors (Lipinski definition) is 1. The van der Waals surface area contributed by atoms with Crippen LogP contribution in [-0.2, 0) is 26.0 Å². The Kier molecular flexibility index (Phi) is 7.38. The highest BCUT2D eigenvalue weighted by atomic mass is 32.2. The predicted octanol–water partition coefficient (Wildman–Crippen LogP) is 3.51. The molecule has 2 aliphatic heterocycles. The van der Waals surface area contributed by atoms with Gasteiger partial charge in [0.15, 0.2) is 0 Å². The van der Waals surface area contributed by atoms with Crippen LogP contribution in [0.1, 0.15) is 42.4 Å². The van der Waals surface area contributed by atoms with E-state index in [-0.39, 0.29) is 18.4 Å². The second-order valence-corrected chi connectivity index (χ2v) is 11.3. The van der Waals surface area contributed by atoms with E-state index in [0.29, 0.717) is 42.0 Å². The molecule has 2 aromatic rings. The molecule has 0 unspecified atom stereocenters. The van der Waals surface area contributed by atoms with Gasteiger partial charge in [0.05, 0.1) is 17.2 Å². The fourth-order valence-electron chi connectivity index (χ4n) is 4.70. The molecule has 2 heterocycles. The number of anilines is 1. The molecule has 0 bridgehead atoms. The molecule has 34 heavy (non-hydrogen) atoms. The van der Waals surface area contributed by atoms with E-state index in [9.17, 15) is 18.0 Å². The molecule has 2 aliphatic rings. The number of benzene rings is 2. The molecule has 1 N–H and O–H groups in total. The van der Waals surface area contributed by atoms with E-state index in [1.807, 2.05) is 36.1 Å². The Labute approximate surface area is 202 Å². The summed E-state index contributed by atoms with van der Waals surface area (Å²) in [6.45, 7) is 5.93. The molecule has 4 rings (SSSR count). The maximum atomic E-state index is 13.3. The van der Waals surface area contributed by atoms with Crippen molar-refractivity contribution in [3.8, 4) is 0 Å². The van der Waals surface area contributed by atoms with Crippen LogP contribution in [0.4, 0.5) is 5.69 Å². The lowest BCUT2D eigenvalue weighted by Gasteiger charge is -2.31. The summed E-state index contributed by atoms with van der Waals surface area (Å²) in [6.07, 6.45) is 3.79. The number of nitrogens with one attached hydrogen (secondary N) is 1. The summed E-state index contributed by atoms with van der Waals surface area (Å²) in [5.74, 6) is -0.451. The van der Waals surface area contributed by atoms with Crippen LogP contribution in [0.2, 0.25) is 0 Å². The minimum absolute atomic E-state index is 0.140. The smallest absolute Gasteiger partial charge is 0.243 e. The van der Waals surface area contributed by atoms with Crippen molar-refractivity contribution in [2.75, 3.05) is 31.5 Å². The Morgan fingerprint density at radius 2 is 1.68 bits per heavy atom. The zero-order valence-corrected chi connectivity index (χ0v) is 20.7. The zero-order valence-electron chi connectivity index (χ0n) is 19.9. The first-order valence-corrected chi connectivity index (χ1v) is 13.4. The Hall–Kier alpha value is -2.71. The normalized spacial score (nSPS) is 19.2. The molecule has 0 aromatic heterocycles. The number of carbonyl (C=O) groups is 2. The SMILES string of the molecule is Cc1ccc(C)c(S(=O)(=O)N2CCC[C@H](C(=O)Nc3ccc(CC(=O)N4CCCC4)cc3)C2)c1. The van der Waals surface area contributed by atoms with E-state index in [1.165, 1.54) is 4.31 Å². The summed E-state index contributed by atoms with van der Waals surface area (Å²) in [5, 5.41) is 2.92. The molecule has 1 atom stereocenters. The fraction of sp³-hybridized carbons (Fsp3) is 0.462. The Bertz CT molecular complexity index is 1160. The summed E-state index contributed by atoms with van der Waals surface area (Å²) in [7, 11) is -3.66. The summed E-state index contributed by atoms with van der Waals surface area (Å²) in [5.41, 5.74) is 3.16. The van der Waals surface area contributed by atoms with Crippen LogP contribution < -0.4 is 5.32 Å². The van der Waals surface area contributed by atoms with Crippen molar-refractivity contribution in [3.05, 3.63) is 59.2 Å². The van der Waals surface area contributed by atoms with Gasteiger partial charge in [0.2, 0.25) is 21.8 Å². The van der Waals surface area contributed by atoms with Gasteiger partial charge in [-0.1, -0.05) is 24.3 Å². The highest BCUT2D eigenvalue weighted by Gasteiger charge is 2.34. The highest BCUT2D eigenvalue weighted by Crippen LogP contribution is 2.27. The van der Waals surface area contributed by atoms with Crippen molar-refractivity contribution in [1.82, 2.24) is 9.21 Å². The number of nitrogens with zero attached hydrogens (tertiary/aromatic N) is 2. The van der Waals surface area contributed by atoms with Gasteiger partial charge < -0.3 is 10.2 Å². The van der Waals surface area contributed by atoms with Crippen LogP contribution in [0.5, 0.6) is 0 Å². The minimum atomic E-state index is -3.66. The first kappa shape index (κ1) is 24.4. The zero-order chi connectivity index (χ0) is 24.3. The fourth-order valence-corrected chi connectivity index (χ4v) is 6.54. The first-order valence-electron chi connectivity index (χ1n) is 12.0. The number of piperidine rings is 1. The van der Waals surface area contributed by atoms with E-state index < -0.39 is 15.9 Å². The average Bonchev–Trinajstić information content (AvgIpc) is 3.37. The summed E-state index contributed by atoms with van der Waals surface area (Å²) >= 11 is 0. The lowest BCUT2D eigenvalue weighted by molar-refractivity contribution is -0.129. The van der Waals surface area contributed by atoms with Gasteiger partial charge in [0.25, 0.3) is 0 Å². The molecule has 2 aromatic carbocycles. The van der Waals surface area contributed by atoms with Crippen molar-refractivity contribution in [2.24, 2.45) is 5.92 Å². The maximum absolute atomic E-state index is 13.3. The molecular formula is C26H33N3O4S. The van der Waals surface area contributed by atoms with Crippen molar-refractivity contribution in [2.45, 2.75) is 50.8 Å². The second kappa shape index (κ2) is 10.3. The highest BCUT2D eigenvalue weighted by molar-refractivity contribution is 7.89. The number of rotatable bonds is 6. The summed E-state index contributed by atoms with van der Waals surface area (Å²) < 4.78 is 28.0. The van der Waals surface area contributed by atoms with Crippen LogP contribution in [0.3, 0.4) is 0 Å². The van der Waals surface area contributed by atoms with Crippen molar-refractivity contribution >= 4 is 27.5 Å². The van der Waals surface area contributed by atoms with Gasteiger partial charge in [-0.15, -0.1) is 0 Å². The maximum Gasteiger partial charge on any atom is 0.243 e. The number of likely N-dealkylation sites (tertiary alicyclic amines) is 1. The van der Waals surface area contributed by atoms with Crippen LogP contribution in [-0.4, -0.2) is 55.6 Å². The Balaban J connectivity index is 1.37. The van der Waals surface area contributed by atoms with Crippen LogP contribution >= 0.6 is 0 Å². The monoisotopic (exact) mass is 483 g/mol. The van der Waals surface area contributed by atoms with Gasteiger partial charge in [-0.2, -0.15) is 4.31 Å². The molecule has 2 fully saturated rings. The molecular weight excluding hydrogens is 450 g/mol. The standard InChI is InChI=1S/C26H33N3O4S/c1-19-7-8-20(2)24(16-19)34(32,33)29-15-5-6-22(18-29)26(31)27-23-11-9-21(10-12-23)17-25(30)28-13-3-4-14-28/h7-12,16,22H,3-6,13-15,17-18H2,1-2H3,(H,27,31)/t22-/m0/s1. The summed E-state index contributed by atoms with van der Waals surface area (Å²) in [4.78, 5) is 27.5. The lowest BCUT2D eigenvalue weighted by atomic mass is 9.98. The van der Waals surface area contributed by atoms with Gasteiger partial charge in [0.1, 0.15) is 0 Å². The third-order valence-corrected chi connectivity index (χ3v) is 8.76. The summed E-state index contributed by atoms with van der Waals surface area (Å²) in [6, 6.07) is 12.7. The molecule has 0 saturated carbocycles. The molecule has 0 radical (unpaired) electrons. The molecule has 7 nitrogen and oxygen atoms in total. The van der Waals surface area contributed by atoms with E-state index in [0.717, 1.165) is 37.1 Å². The molecule has 8 heteroatoms. The quantitative estimate of drug-likeness (QED) is 0.681. The van der Waals surface area contributed by atoms with Crippen molar-refractivity contribution < 1.29 is 18.0 Å². The van der Waals surface area contributed by atoms with E-state index in [4.69, 9.17) is 0 Å². The third-order valence-electron chi connectivity index (χ3n) is 6.75. The van der Waals surface area contributed by atoms with Gasteiger partial charge in [-0.25, -0.2) is 8.42 Å². The number of hydrogen-bond acceptors (Lipinski definition) is 4. The van der Waals surface area contributed by atoms with Crippen LogP contribution in [0, 0.1) is 19.8 Å². The Morgan fingerprint density at radius 1 is 0.971 bits per heavy atom. The number of sulfonamides is 1. The lowest BCUT2D eigenvalue weighted by Crippen LogP contribution is -2.43. The number of carbonyl (C=O) groups excluding carboxylic acids is 2. The molecule has 0 aliphatic carbocycles. The average molecular weight is 484 g/mol. The number of aryl methyl sites for hydroxylation is 2. The third kappa shape index (κ3) is 5.50. The number of amides is 2. The van der Waals surface area contributed by atoms with Crippen LogP contribution in [0.15, 0.2) is 47.4 Å². The topological polar surface area (TPSA) is 86.8 Å². The van der Waals surface area contributed by atoms with E-state index in [1.54, 1.807) is 25.1 Å². The van der Waals surface area contributed by atoms with E-state index in [2.05, 4.69) is 5.32 Å². The van der Waals surface area contributed by atoms with Gasteiger partial charge in [-0.05, 0) is 74.4 Å². The first-order chi connectivity index (χ1) is 16.2. The van der Waals surface area contributed by atoms with Gasteiger partial charge in [0, 0.05) is 31.9 Å². The molecule has 2 saturated heterocycles. The van der Waals surface area contributed by atoms with Crippen molar-refractivity contribution in [3.63, 3.8) is 0 Å². The Morgan fingerprint density at radius 3 is 2.38 bits per heavy atom. The minimum Gasteiger partial charge on any atom is -0.342 e. The van der Waals surface area contributed by atoms with Gasteiger partial charge >= 0.3 is 0 Å². The largest absolute Gasteiger partial charge is 0.342 e.